The highest BCUT2D eigenvalue weighted by atomic mass is 35.5. The molecule has 0 radical (unpaired) electrons. The zero-order valence-corrected chi connectivity index (χ0v) is 11.3. The first kappa shape index (κ1) is 14.3. The van der Waals surface area contributed by atoms with Crippen molar-refractivity contribution in [3.8, 4) is 5.75 Å². The van der Waals surface area contributed by atoms with E-state index in [2.05, 4.69) is 30.4 Å². The van der Waals surface area contributed by atoms with Crippen LogP contribution in [0.4, 0.5) is 0 Å². The summed E-state index contributed by atoms with van der Waals surface area (Å²) in [7, 11) is 0. The predicted molar refractivity (Wildman–Crippen MR) is 74.4 cm³/mol. The number of aryl methyl sites for hydroxylation is 1. The van der Waals surface area contributed by atoms with Gasteiger partial charge >= 0.3 is 0 Å². The monoisotopic (exact) mass is 255 g/mol. The van der Waals surface area contributed by atoms with Gasteiger partial charge < -0.3 is 10.1 Å². The van der Waals surface area contributed by atoms with Crippen LogP contribution in [0.15, 0.2) is 18.2 Å². The number of nitrogens with one attached hydrogen (secondary N) is 1. The Morgan fingerprint density at radius 2 is 2.06 bits per heavy atom. The van der Waals surface area contributed by atoms with Gasteiger partial charge in [-0.25, -0.2) is 0 Å². The maximum atomic E-state index is 5.84. The van der Waals surface area contributed by atoms with Crippen LogP contribution in [-0.2, 0) is 12.8 Å². The number of likely N-dealkylation sites (N-methyl/N-ethyl adjacent to an activating group) is 1. The third-order valence-electron chi connectivity index (χ3n) is 3.14. The highest BCUT2D eigenvalue weighted by Crippen LogP contribution is 2.29. The van der Waals surface area contributed by atoms with Crippen LogP contribution >= 0.6 is 12.4 Å². The first-order valence-corrected chi connectivity index (χ1v) is 6.36. The van der Waals surface area contributed by atoms with Gasteiger partial charge in [0.1, 0.15) is 12.4 Å². The van der Waals surface area contributed by atoms with Gasteiger partial charge in [0.2, 0.25) is 0 Å². The molecular formula is C14H22ClNO. The van der Waals surface area contributed by atoms with Gasteiger partial charge in [-0.2, -0.15) is 0 Å². The van der Waals surface area contributed by atoms with Crippen molar-refractivity contribution in [3.05, 3.63) is 29.3 Å². The molecule has 1 aliphatic carbocycles. The molecule has 2 rings (SSSR count). The van der Waals surface area contributed by atoms with Crippen LogP contribution in [0.1, 0.15) is 30.9 Å². The molecule has 1 aromatic rings. The van der Waals surface area contributed by atoms with Gasteiger partial charge in [-0.1, -0.05) is 19.1 Å². The smallest absolute Gasteiger partial charge is 0.122 e. The summed E-state index contributed by atoms with van der Waals surface area (Å²) >= 11 is 0. The Kier molecular flexibility index (Phi) is 6.38. The van der Waals surface area contributed by atoms with Crippen molar-refractivity contribution in [2.75, 3.05) is 19.7 Å². The molecule has 0 spiro atoms. The lowest BCUT2D eigenvalue weighted by molar-refractivity contribution is 0.311. The van der Waals surface area contributed by atoms with Gasteiger partial charge in [-0.05, 0) is 49.4 Å². The Morgan fingerprint density at radius 3 is 2.88 bits per heavy atom. The minimum absolute atomic E-state index is 0. The van der Waals surface area contributed by atoms with E-state index in [4.69, 9.17) is 4.74 Å². The van der Waals surface area contributed by atoms with Crippen LogP contribution in [0, 0.1) is 0 Å². The summed E-state index contributed by atoms with van der Waals surface area (Å²) in [4.78, 5) is 0. The van der Waals surface area contributed by atoms with Gasteiger partial charge in [-0.15, -0.1) is 12.4 Å². The summed E-state index contributed by atoms with van der Waals surface area (Å²) in [6, 6.07) is 6.47. The molecule has 2 nitrogen and oxygen atoms in total. The largest absolute Gasteiger partial charge is 0.492 e. The number of rotatable bonds is 5. The summed E-state index contributed by atoms with van der Waals surface area (Å²) in [5.74, 6) is 1.11. The minimum atomic E-state index is 0. The standard InChI is InChI=1S/C14H21NO.ClH/c1-2-15-10-11-16-14-9-5-7-12-6-3-4-8-13(12)14;/h5,7,9,15H,2-4,6,8,10-11H2,1H3;1H. The number of hydrogen-bond acceptors (Lipinski definition) is 2. The molecule has 1 aliphatic rings. The molecule has 17 heavy (non-hydrogen) atoms. The summed E-state index contributed by atoms with van der Waals surface area (Å²) < 4.78 is 5.84. The van der Waals surface area contributed by atoms with Crippen LogP contribution in [0.25, 0.3) is 0 Å². The molecule has 0 saturated carbocycles. The molecule has 1 N–H and O–H groups in total. The topological polar surface area (TPSA) is 21.3 Å². The zero-order valence-electron chi connectivity index (χ0n) is 10.5. The molecule has 0 amide bonds. The molecule has 0 unspecified atom stereocenters. The second-order valence-electron chi connectivity index (χ2n) is 4.30. The van der Waals surface area contributed by atoms with Crippen molar-refractivity contribution in [1.29, 1.82) is 0 Å². The second-order valence-corrected chi connectivity index (χ2v) is 4.30. The van der Waals surface area contributed by atoms with E-state index in [-0.39, 0.29) is 12.4 Å². The van der Waals surface area contributed by atoms with E-state index in [1.807, 2.05) is 0 Å². The number of fused-ring (bicyclic) bond motifs is 1. The highest BCUT2D eigenvalue weighted by Gasteiger charge is 2.13. The number of halogens is 1. The zero-order chi connectivity index (χ0) is 11.2. The molecule has 0 atom stereocenters. The third-order valence-corrected chi connectivity index (χ3v) is 3.14. The van der Waals surface area contributed by atoms with Gasteiger partial charge in [-0.3, -0.25) is 0 Å². The summed E-state index contributed by atoms with van der Waals surface area (Å²) in [6.07, 6.45) is 5.04. The fourth-order valence-corrected chi connectivity index (χ4v) is 2.29. The fraction of sp³-hybridized carbons (Fsp3) is 0.571. The van der Waals surface area contributed by atoms with E-state index in [0.29, 0.717) is 0 Å². The van der Waals surface area contributed by atoms with E-state index in [1.165, 1.54) is 36.8 Å². The molecule has 0 fully saturated rings. The molecular weight excluding hydrogens is 234 g/mol. The molecule has 0 heterocycles. The van der Waals surface area contributed by atoms with Crippen molar-refractivity contribution in [3.63, 3.8) is 0 Å². The Bertz CT molecular complexity index is 341. The highest BCUT2D eigenvalue weighted by molar-refractivity contribution is 5.85. The van der Waals surface area contributed by atoms with Crippen LogP contribution in [-0.4, -0.2) is 19.7 Å². The van der Waals surface area contributed by atoms with E-state index in [9.17, 15) is 0 Å². The van der Waals surface area contributed by atoms with Gasteiger partial charge in [0.25, 0.3) is 0 Å². The maximum Gasteiger partial charge on any atom is 0.122 e. The fourth-order valence-electron chi connectivity index (χ4n) is 2.29. The second kappa shape index (κ2) is 7.57. The molecule has 0 bridgehead atoms. The van der Waals surface area contributed by atoms with Gasteiger partial charge in [0.05, 0.1) is 0 Å². The quantitative estimate of drug-likeness (QED) is 0.817. The molecule has 3 heteroatoms. The average Bonchev–Trinajstić information content (AvgIpc) is 2.35. The van der Waals surface area contributed by atoms with Gasteiger partial charge in [0.15, 0.2) is 0 Å². The number of hydrogen-bond donors (Lipinski definition) is 1. The lowest BCUT2D eigenvalue weighted by atomic mass is 9.91. The summed E-state index contributed by atoms with van der Waals surface area (Å²) in [5, 5.41) is 3.27. The summed E-state index contributed by atoms with van der Waals surface area (Å²) in [6.45, 7) is 4.82. The van der Waals surface area contributed by atoms with Crippen LogP contribution in [0.3, 0.4) is 0 Å². The van der Waals surface area contributed by atoms with E-state index < -0.39 is 0 Å². The Balaban J connectivity index is 0.00000144. The third kappa shape index (κ3) is 3.90. The number of ether oxygens (including phenoxy) is 1. The first-order chi connectivity index (χ1) is 7.92. The van der Waals surface area contributed by atoms with Crippen LogP contribution in [0.2, 0.25) is 0 Å². The van der Waals surface area contributed by atoms with E-state index in [1.54, 1.807) is 0 Å². The van der Waals surface area contributed by atoms with Crippen molar-refractivity contribution >= 4 is 12.4 Å². The maximum absolute atomic E-state index is 5.84. The van der Waals surface area contributed by atoms with E-state index >= 15 is 0 Å². The average molecular weight is 256 g/mol. The van der Waals surface area contributed by atoms with E-state index in [0.717, 1.165) is 25.4 Å². The molecule has 1 aromatic carbocycles. The van der Waals surface area contributed by atoms with Crippen LogP contribution < -0.4 is 10.1 Å². The Hall–Kier alpha value is -0.730. The normalized spacial score (nSPS) is 13.7. The van der Waals surface area contributed by atoms with Crippen LogP contribution in [0.5, 0.6) is 5.75 Å². The lowest BCUT2D eigenvalue weighted by Crippen LogP contribution is -2.20. The van der Waals surface area contributed by atoms with Crippen molar-refractivity contribution < 1.29 is 4.74 Å². The molecule has 0 saturated heterocycles. The minimum Gasteiger partial charge on any atom is -0.492 e. The summed E-state index contributed by atoms with van der Waals surface area (Å²) in [5.41, 5.74) is 2.94. The molecule has 0 aliphatic heterocycles. The first-order valence-electron chi connectivity index (χ1n) is 6.36. The Morgan fingerprint density at radius 1 is 1.24 bits per heavy atom. The van der Waals surface area contributed by atoms with Crippen molar-refractivity contribution in [2.45, 2.75) is 32.6 Å². The molecule has 96 valence electrons. The predicted octanol–water partition coefficient (Wildman–Crippen LogP) is 2.98. The van der Waals surface area contributed by atoms with Crippen molar-refractivity contribution in [2.24, 2.45) is 0 Å². The lowest BCUT2D eigenvalue weighted by Gasteiger charge is -2.19. The molecule has 0 aromatic heterocycles. The SMILES string of the molecule is CCNCCOc1cccc2c1CCCC2.Cl. The van der Waals surface area contributed by atoms with Gasteiger partial charge in [0, 0.05) is 6.54 Å². The van der Waals surface area contributed by atoms with Crippen molar-refractivity contribution in [1.82, 2.24) is 5.32 Å². The Labute approximate surface area is 110 Å². The number of benzene rings is 1.